The zero-order valence-corrected chi connectivity index (χ0v) is 27.3. The molecule has 3 atom stereocenters. The van der Waals surface area contributed by atoms with Crippen LogP contribution < -0.4 is 26.0 Å². The molecule has 0 saturated carbocycles. The number of halogens is 1. The summed E-state index contributed by atoms with van der Waals surface area (Å²) in [4.78, 5) is 68.2. The Balaban J connectivity index is 1.62. The average molecular weight is 660 g/mol. The number of ether oxygens (including phenoxy) is 1. The lowest BCUT2D eigenvalue weighted by molar-refractivity contribution is -0.139. The van der Waals surface area contributed by atoms with Crippen LogP contribution in [0.4, 0.5) is 4.39 Å². The summed E-state index contributed by atoms with van der Waals surface area (Å²) < 4.78 is 20.2. The molecule has 12 heteroatoms. The van der Waals surface area contributed by atoms with E-state index in [0.717, 1.165) is 5.56 Å². The molecule has 0 unspecified atom stereocenters. The predicted molar refractivity (Wildman–Crippen MR) is 177 cm³/mol. The number of nitrogens with zero attached hydrogens (tertiary/aromatic N) is 1. The molecule has 0 saturated heterocycles. The Morgan fingerprint density at radius 2 is 1.60 bits per heavy atom. The Labute approximate surface area is 279 Å². The number of carbonyl (C=O) groups is 5. The summed E-state index contributed by atoms with van der Waals surface area (Å²) >= 11 is 0. The lowest BCUT2D eigenvalue weighted by Crippen LogP contribution is -2.54. The van der Waals surface area contributed by atoms with Crippen molar-refractivity contribution < 1.29 is 33.1 Å². The van der Waals surface area contributed by atoms with Crippen LogP contribution in [0.3, 0.4) is 0 Å². The number of likely N-dealkylation sites (N-methyl/N-ethyl adjacent to an activating group) is 1. The monoisotopic (exact) mass is 659 g/mol. The minimum absolute atomic E-state index is 0.00277. The van der Waals surface area contributed by atoms with Gasteiger partial charge >= 0.3 is 0 Å². The first-order valence-electron chi connectivity index (χ1n) is 15.9. The molecular weight excluding hydrogens is 617 g/mol. The number of hydrogen-bond donors (Lipinski definition) is 4. The molecule has 1 heterocycles. The summed E-state index contributed by atoms with van der Waals surface area (Å²) in [5, 5.41) is 11.0. The Morgan fingerprint density at radius 3 is 2.33 bits per heavy atom. The van der Waals surface area contributed by atoms with E-state index in [4.69, 9.17) is 4.74 Å². The first kappa shape index (κ1) is 35.6. The largest absolute Gasteiger partial charge is 0.491 e. The van der Waals surface area contributed by atoms with Crippen LogP contribution in [0.2, 0.25) is 0 Å². The number of fused-ring (bicyclic) bond motifs is 1. The van der Waals surface area contributed by atoms with Crippen molar-refractivity contribution in [3.05, 3.63) is 101 Å². The van der Waals surface area contributed by atoms with Crippen molar-refractivity contribution in [1.29, 1.82) is 0 Å². The Kier molecular flexibility index (Phi) is 12.6. The summed E-state index contributed by atoms with van der Waals surface area (Å²) in [5.74, 6) is -3.46. The van der Waals surface area contributed by atoms with Crippen LogP contribution in [0.15, 0.2) is 78.9 Å². The smallest absolute Gasteiger partial charge is 0.255 e. The minimum atomic E-state index is -1.34. The maximum Gasteiger partial charge on any atom is 0.255 e. The van der Waals surface area contributed by atoms with Gasteiger partial charge in [-0.1, -0.05) is 74.5 Å². The summed E-state index contributed by atoms with van der Waals surface area (Å²) in [7, 11) is 1.47. The van der Waals surface area contributed by atoms with Gasteiger partial charge in [-0.2, -0.15) is 0 Å². The van der Waals surface area contributed by atoms with Crippen LogP contribution in [0.1, 0.15) is 41.8 Å². The molecule has 11 nitrogen and oxygen atoms in total. The average Bonchev–Trinajstić information content (AvgIpc) is 3.06. The molecule has 4 N–H and O–H groups in total. The van der Waals surface area contributed by atoms with Crippen molar-refractivity contribution in [2.24, 2.45) is 5.92 Å². The third kappa shape index (κ3) is 10.1. The standard InChI is InChI=1S/C36H42FN5O6/c1-23(2)33-36(47)42(3)21-32(44)39-26(19-24-11-5-4-6-12-24)22-48-30-16-10-8-14-27(30)34(45)40-29(20-31(43)41-33)35(46)38-18-17-25-13-7-9-15-28(25)37/h4-16,23,26,29,33H,17-22H2,1-3H3,(H,38,46)(H,39,44)(H,40,45)(H,41,43)/t26-,29+,33+/m1/s1. The minimum Gasteiger partial charge on any atom is -0.491 e. The van der Waals surface area contributed by atoms with Gasteiger partial charge < -0.3 is 30.9 Å². The second-order valence-corrected chi connectivity index (χ2v) is 12.1. The quantitative estimate of drug-likeness (QED) is 0.307. The lowest BCUT2D eigenvalue weighted by Gasteiger charge is -2.28. The molecule has 0 spiro atoms. The van der Waals surface area contributed by atoms with E-state index >= 15 is 0 Å². The van der Waals surface area contributed by atoms with Crippen LogP contribution in [-0.4, -0.2) is 79.3 Å². The highest BCUT2D eigenvalue weighted by Crippen LogP contribution is 2.19. The van der Waals surface area contributed by atoms with Crippen molar-refractivity contribution >= 4 is 29.5 Å². The molecule has 0 bridgehead atoms. The maximum absolute atomic E-state index is 14.1. The number of amides is 5. The van der Waals surface area contributed by atoms with Crippen LogP contribution in [0.25, 0.3) is 0 Å². The molecule has 48 heavy (non-hydrogen) atoms. The molecule has 3 aromatic rings. The van der Waals surface area contributed by atoms with E-state index in [-0.39, 0.29) is 43.3 Å². The number of para-hydroxylation sites is 1. The van der Waals surface area contributed by atoms with Crippen molar-refractivity contribution in [3.63, 3.8) is 0 Å². The molecule has 254 valence electrons. The van der Waals surface area contributed by atoms with Gasteiger partial charge in [-0.3, -0.25) is 24.0 Å². The second kappa shape index (κ2) is 17.1. The Morgan fingerprint density at radius 1 is 0.917 bits per heavy atom. The Hall–Kier alpha value is -5.26. The molecule has 1 aliphatic heterocycles. The molecule has 4 rings (SSSR count). The third-order valence-corrected chi connectivity index (χ3v) is 7.93. The van der Waals surface area contributed by atoms with Crippen molar-refractivity contribution in [3.8, 4) is 5.75 Å². The molecule has 0 aromatic heterocycles. The zero-order chi connectivity index (χ0) is 34.6. The topological polar surface area (TPSA) is 146 Å². The molecular formula is C36H42FN5O6. The summed E-state index contributed by atoms with van der Waals surface area (Å²) in [6, 6.07) is 19.3. The van der Waals surface area contributed by atoms with Gasteiger partial charge in [-0.25, -0.2) is 4.39 Å². The number of rotatable bonds is 7. The summed E-state index contributed by atoms with van der Waals surface area (Å²) in [5.41, 5.74) is 1.46. The van der Waals surface area contributed by atoms with E-state index in [1.807, 2.05) is 30.3 Å². The van der Waals surface area contributed by atoms with E-state index in [1.54, 1.807) is 50.2 Å². The number of nitrogens with one attached hydrogen (secondary N) is 4. The predicted octanol–water partition coefficient (Wildman–Crippen LogP) is 2.39. The van der Waals surface area contributed by atoms with Crippen LogP contribution in [-0.2, 0) is 32.0 Å². The highest BCUT2D eigenvalue weighted by Gasteiger charge is 2.32. The second-order valence-electron chi connectivity index (χ2n) is 12.1. The normalized spacial score (nSPS) is 19.7. The molecule has 0 fully saturated rings. The van der Waals surface area contributed by atoms with Gasteiger partial charge in [-0.15, -0.1) is 0 Å². The Bertz CT molecular complexity index is 1600. The fourth-order valence-electron chi connectivity index (χ4n) is 5.35. The fraction of sp³-hybridized carbons (Fsp3) is 0.361. The van der Waals surface area contributed by atoms with Gasteiger partial charge in [0.15, 0.2) is 0 Å². The highest BCUT2D eigenvalue weighted by atomic mass is 19.1. The van der Waals surface area contributed by atoms with Gasteiger partial charge in [0.25, 0.3) is 5.91 Å². The van der Waals surface area contributed by atoms with Gasteiger partial charge in [0.1, 0.15) is 30.3 Å². The van der Waals surface area contributed by atoms with Gasteiger partial charge in [0, 0.05) is 13.6 Å². The van der Waals surface area contributed by atoms with Crippen LogP contribution in [0.5, 0.6) is 5.75 Å². The molecule has 0 aliphatic carbocycles. The van der Waals surface area contributed by atoms with Crippen LogP contribution in [0, 0.1) is 11.7 Å². The van der Waals surface area contributed by atoms with E-state index in [1.165, 1.54) is 24.1 Å². The highest BCUT2D eigenvalue weighted by molar-refractivity contribution is 6.01. The van der Waals surface area contributed by atoms with E-state index < -0.39 is 59.9 Å². The number of hydrogen-bond acceptors (Lipinski definition) is 6. The fourth-order valence-corrected chi connectivity index (χ4v) is 5.35. The van der Waals surface area contributed by atoms with Crippen molar-refractivity contribution in [2.75, 3.05) is 26.7 Å². The molecule has 1 aliphatic rings. The zero-order valence-electron chi connectivity index (χ0n) is 27.3. The van der Waals surface area contributed by atoms with E-state index in [2.05, 4.69) is 21.3 Å². The van der Waals surface area contributed by atoms with Crippen LogP contribution >= 0.6 is 0 Å². The van der Waals surface area contributed by atoms with Crippen molar-refractivity contribution in [2.45, 2.75) is 51.2 Å². The summed E-state index contributed by atoms with van der Waals surface area (Å²) in [6.07, 6.45) is 0.119. The molecule has 3 aromatic carbocycles. The maximum atomic E-state index is 14.1. The molecule has 5 amide bonds. The lowest BCUT2D eigenvalue weighted by atomic mass is 10.0. The van der Waals surface area contributed by atoms with Crippen molar-refractivity contribution in [1.82, 2.24) is 26.2 Å². The summed E-state index contributed by atoms with van der Waals surface area (Å²) in [6.45, 7) is 3.27. The van der Waals surface area contributed by atoms with Gasteiger partial charge in [0.2, 0.25) is 23.6 Å². The number of benzene rings is 3. The van der Waals surface area contributed by atoms with Gasteiger partial charge in [-0.05, 0) is 48.1 Å². The third-order valence-electron chi connectivity index (χ3n) is 7.93. The van der Waals surface area contributed by atoms with E-state index in [0.29, 0.717) is 12.0 Å². The first-order valence-corrected chi connectivity index (χ1v) is 15.9. The molecule has 0 radical (unpaired) electrons. The van der Waals surface area contributed by atoms with E-state index in [9.17, 15) is 28.4 Å². The SMILES string of the molecule is CC(C)[C@@H]1NC(=O)C[C@@H](C(=O)NCCc2ccccc2F)NC(=O)c2ccccc2OC[C@@H](Cc2ccccc2)NC(=O)CN(C)C1=O. The number of carbonyl (C=O) groups excluding carboxylic acids is 5. The first-order chi connectivity index (χ1) is 23.0. The van der Waals surface area contributed by atoms with Gasteiger partial charge in [0.05, 0.1) is 24.6 Å².